The van der Waals surface area contributed by atoms with Gasteiger partial charge in [0.1, 0.15) is 5.75 Å². The molecule has 0 N–H and O–H groups in total. The lowest BCUT2D eigenvalue weighted by atomic mass is 9.99. The van der Waals surface area contributed by atoms with Crippen molar-refractivity contribution in [3.05, 3.63) is 169 Å². The minimum atomic E-state index is 0.838. The molecular weight excluding hydrogens is 591 g/mol. The van der Waals surface area contributed by atoms with Crippen molar-refractivity contribution in [1.82, 2.24) is 0 Å². The Bertz CT molecular complexity index is 2320. The molecule has 0 spiro atoms. The number of fused-ring (bicyclic) bond motifs is 3. The summed E-state index contributed by atoms with van der Waals surface area (Å²) in [6.45, 7) is 2.09. The number of benzene rings is 7. The molecule has 0 radical (unpaired) electrons. The van der Waals surface area contributed by atoms with Crippen molar-refractivity contribution in [2.45, 2.75) is 6.92 Å². The van der Waals surface area contributed by atoms with Crippen molar-refractivity contribution in [2.24, 2.45) is 0 Å². The Morgan fingerprint density at radius 3 is 1.60 bits per heavy atom. The van der Waals surface area contributed by atoms with Crippen LogP contribution in [0.4, 0.5) is 17.1 Å². The van der Waals surface area contributed by atoms with Crippen LogP contribution >= 0.6 is 11.3 Å². The highest BCUT2D eigenvalue weighted by Gasteiger charge is 2.17. The average molecular weight is 624 g/mol. The first kappa shape index (κ1) is 28.8. The van der Waals surface area contributed by atoms with E-state index in [2.05, 4.69) is 170 Å². The van der Waals surface area contributed by atoms with Crippen molar-refractivity contribution < 1.29 is 4.74 Å². The second-order valence-electron chi connectivity index (χ2n) is 11.9. The first-order valence-corrected chi connectivity index (χ1v) is 16.7. The van der Waals surface area contributed by atoms with E-state index >= 15 is 0 Å². The summed E-state index contributed by atoms with van der Waals surface area (Å²) < 4.78 is 8.55. The molecule has 0 unspecified atom stereocenters. The van der Waals surface area contributed by atoms with Gasteiger partial charge in [0.15, 0.2) is 0 Å². The Balaban J connectivity index is 1.11. The summed E-state index contributed by atoms with van der Waals surface area (Å²) in [5.74, 6) is 0.838. The monoisotopic (exact) mass is 623 g/mol. The molecule has 7 aromatic carbocycles. The van der Waals surface area contributed by atoms with E-state index in [1.807, 2.05) is 17.4 Å². The van der Waals surface area contributed by atoms with Gasteiger partial charge >= 0.3 is 0 Å². The Hall–Kier alpha value is -5.64. The van der Waals surface area contributed by atoms with Gasteiger partial charge in [0, 0.05) is 31.5 Å². The van der Waals surface area contributed by atoms with Crippen LogP contribution in [0.15, 0.2) is 164 Å². The van der Waals surface area contributed by atoms with Gasteiger partial charge in [-0.2, -0.15) is 0 Å². The Kier molecular flexibility index (Phi) is 7.53. The molecule has 0 bridgehead atoms. The van der Waals surface area contributed by atoms with Crippen LogP contribution in [0, 0.1) is 6.92 Å². The lowest BCUT2D eigenvalue weighted by Gasteiger charge is -2.27. The fourth-order valence-electron chi connectivity index (χ4n) is 6.39. The lowest BCUT2D eigenvalue weighted by molar-refractivity contribution is 0.415. The number of anilines is 3. The molecule has 0 aliphatic rings. The number of nitrogens with zero attached hydrogens (tertiary/aromatic N) is 1. The van der Waals surface area contributed by atoms with Gasteiger partial charge in [-0.05, 0) is 100 Å². The van der Waals surface area contributed by atoms with Crippen LogP contribution in [-0.4, -0.2) is 7.11 Å². The number of aryl methyl sites for hydroxylation is 1. The Morgan fingerprint density at radius 2 is 0.957 bits per heavy atom. The number of ether oxygens (including phenoxy) is 1. The standard InChI is InChI=1S/C44H33NOS/c1-30-12-26-41(42(28-30)46-2)45(37-22-17-33(18-23-37)31-8-4-3-5-9-31)38-24-19-34(20-25-38)32-13-15-35(16-14-32)36-21-27-44-40(29-36)39-10-6-7-11-43(39)47-44/h3-29H,1-2H3. The molecule has 1 aromatic heterocycles. The molecule has 0 aliphatic carbocycles. The maximum atomic E-state index is 5.88. The number of thiophene rings is 1. The van der Waals surface area contributed by atoms with E-state index in [0.717, 1.165) is 28.4 Å². The summed E-state index contributed by atoms with van der Waals surface area (Å²) in [6.07, 6.45) is 0. The van der Waals surface area contributed by atoms with Gasteiger partial charge in [0.2, 0.25) is 0 Å². The largest absolute Gasteiger partial charge is 0.495 e. The first-order valence-electron chi connectivity index (χ1n) is 15.9. The summed E-state index contributed by atoms with van der Waals surface area (Å²) in [6, 6.07) is 58.8. The minimum Gasteiger partial charge on any atom is -0.495 e. The van der Waals surface area contributed by atoms with Gasteiger partial charge in [-0.15, -0.1) is 11.3 Å². The Morgan fingerprint density at radius 1 is 0.447 bits per heavy atom. The SMILES string of the molecule is COc1cc(C)ccc1N(c1ccc(-c2ccccc2)cc1)c1ccc(-c2ccc(-c3ccc4sc5ccccc5c4c3)cc2)cc1. The number of hydrogen-bond acceptors (Lipinski definition) is 3. The summed E-state index contributed by atoms with van der Waals surface area (Å²) in [4.78, 5) is 2.27. The maximum Gasteiger partial charge on any atom is 0.143 e. The number of hydrogen-bond donors (Lipinski definition) is 0. The summed E-state index contributed by atoms with van der Waals surface area (Å²) >= 11 is 1.86. The highest BCUT2D eigenvalue weighted by atomic mass is 32.1. The van der Waals surface area contributed by atoms with E-state index in [1.54, 1.807) is 7.11 Å². The second-order valence-corrected chi connectivity index (χ2v) is 12.9. The van der Waals surface area contributed by atoms with Crippen LogP contribution in [0.1, 0.15) is 5.56 Å². The molecule has 8 aromatic rings. The molecule has 0 fully saturated rings. The van der Waals surface area contributed by atoms with Gasteiger partial charge in [0.05, 0.1) is 12.8 Å². The van der Waals surface area contributed by atoms with Crippen LogP contribution in [0.5, 0.6) is 5.75 Å². The van der Waals surface area contributed by atoms with Gasteiger partial charge in [-0.25, -0.2) is 0 Å². The third-order valence-corrected chi connectivity index (χ3v) is 10.0. The molecule has 226 valence electrons. The van der Waals surface area contributed by atoms with E-state index in [1.165, 1.54) is 53.6 Å². The summed E-state index contributed by atoms with van der Waals surface area (Å²) in [7, 11) is 1.74. The topological polar surface area (TPSA) is 12.5 Å². The smallest absolute Gasteiger partial charge is 0.143 e. The maximum absolute atomic E-state index is 5.88. The highest BCUT2D eigenvalue weighted by molar-refractivity contribution is 7.25. The van der Waals surface area contributed by atoms with E-state index < -0.39 is 0 Å². The quantitative estimate of drug-likeness (QED) is 0.175. The van der Waals surface area contributed by atoms with Crippen LogP contribution in [0.2, 0.25) is 0 Å². The summed E-state index contributed by atoms with van der Waals surface area (Å²) in [5.41, 5.74) is 11.5. The molecule has 0 saturated heterocycles. The third kappa shape index (κ3) is 5.56. The highest BCUT2D eigenvalue weighted by Crippen LogP contribution is 2.42. The molecule has 2 nitrogen and oxygen atoms in total. The molecule has 0 saturated carbocycles. The molecule has 3 heteroatoms. The van der Waals surface area contributed by atoms with Crippen LogP contribution in [0.3, 0.4) is 0 Å². The number of methoxy groups -OCH3 is 1. The third-order valence-electron chi connectivity index (χ3n) is 8.86. The molecule has 1 heterocycles. The summed E-state index contributed by atoms with van der Waals surface area (Å²) in [5, 5.41) is 2.66. The van der Waals surface area contributed by atoms with Gasteiger partial charge in [-0.3, -0.25) is 0 Å². The van der Waals surface area contributed by atoms with Crippen molar-refractivity contribution in [3.8, 4) is 39.1 Å². The van der Waals surface area contributed by atoms with E-state index in [4.69, 9.17) is 4.74 Å². The van der Waals surface area contributed by atoms with Crippen molar-refractivity contribution in [2.75, 3.05) is 12.0 Å². The molecular formula is C44H33NOS. The van der Waals surface area contributed by atoms with Crippen molar-refractivity contribution >= 4 is 48.6 Å². The molecule has 47 heavy (non-hydrogen) atoms. The molecule has 0 aliphatic heterocycles. The van der Waals surface area contributed by atoms with Crippen LogP contribution in [0.25, 0.3) is 53.6 Å². The van der Waals surface area contributed by atoms with Crippen molar-refractivity contribution in [3.63, 3.8) is 0 Å². The second kappa shape index (κ2) is 12.3. The first-order chi connectivity index (χ1) is 23.1. The van der Waals surface area contributed by atoms with E-state index in [9.17, 15) is 0 Å². The van der Waals surface area contributed by atoms with Gasteiger partial charge in [0.25, 0.3) is 0 Å². The van der Waals surface area contributed by atoms with Crippen LogP contribution in [-0.2, 0) is 0 Å². The number of rotatable bonds is 7. The zero-order valence-corrected chi connectivity index (χ0v) is 27.2. The van der Waals surface area contributed by atoms with Gasteiger partial charge < -0.3 is 9.64 Å². The minimum absolute atomic E-state index is 0.838. The van der Waals surface area contributed by atoms with E-state index in [-0.39, 0.29) is 0 Å². The zero-order valence-electron chi connectivity index (χ0n) is 26.4. The molecule has 0 atom stereocenters. The fourth-order valence-corrected chi connectivity index (χ4v) is 7.48. The zero-order chi connectivity index (χ0) is 31.7. The van der Waals surface area contributed by atoms with Crippen LogP contribution < -0.4 is 9.64 Å². The fraction of sp³-hybridized carbons (Fsp3) is 0.0455. The molecule has 8 rings (SSSR count). The van der Waals surface area contributed by atoms with E-state index in [0.29, 0.717) is 0 Å². The average Bonchev–Trinajstić information content (AvgIpc) is 3.51. The lowest BCUT2D eigenvalue weighted by Crippen LogP contribution is -2.11. The predicted molar refractivity (Wildman–Crippen MR) is 202 cm³/mol. The normalized spacial score (nSPS) is 11.2. The van der Waals surface area contributed by atoms with Crippen molar-refractivity contribution in [1.29, 1.82) is 0 Å². The Labute approximate surface area is 279 Å². The van der Waals surface area contributed by atoms with Gasteiger partial charge in [-0.1, -0.05) is 109 Å². The molecule has 0 amide bonds. The predicted octanol–water partition coefficient (Wildman–Crippen LogP) is 12.8.